The van der Waals surface area contributed by atoms with Gasteiger partial charge < -0.3 is 4.74 Å². The van der Waals surface area contributed by atoms with E-state index in [9.17, 15) is 9.59 Å². The summed E-state index contributed by atoms with van der Waals surface area (Å²) in [6.07, 6.45) is 0.625. The number of rotatable bonds is 3. The van der Waals surface area contributed by atoms with Crippen LogP contribution in [0.25, 0.3) is 0 Å². The van der Waals surface area contributed by atoms with Crippen molar-refractivity contribution in [3.63, 3.8) is 0 Å². The van der Waals surface area contributed by atoms with Crippen molar-refractivity contribution in [2.45, 2.75) is 12.5 Å². The second kappa shape index (κ2) is 4.13. The van der Waals surface area contributed by atoms with E-state index in [4.69, 9.17) is 4.74 Å². The Kier molecular flexibility index (Phi) is 2.67. The topological polar surface area (TPSA) is 46.6 Å². The predicted molar refractivity (Wildman–Crippen MR) is 53.2 cm³/mol. The standard InChI is InChI=1S/C11H11NO3/c13-8-12-10(7-15-11(12)14)6-9-4-2-1-3-5-9/h1-5,8,10H,6-7H2/t10-/m1/s1. The van der Waals surface area contributed by atoms with Crippen LogP contribution >= 0.6 is 0 Å². The lowest BCUT2D eigenvalue weighted by molar-refractivity contribution is -0.116. The summed E-state index contributed by atoms with van der Waals surface area (Å²) in [5, 5.41) is 0. The first-order valence-electron chi connectivity index (χ1n) is 4.75. The average molecular weight is 205 g/mol. The molecule has 1 saturated heterocycles. The first kappa shape index (κ1) is 9.71. The van der Waals surface area contributed by atoms with Crippen LogP contribution in [0.1, 0.15) is 5.56 Å². The van der Waals surface area contributed by atoms with Crippen LogP contribution in [0.15, 0.2) is 30.3 Å². The number of hydrogen-bond acceptors (Lipinski definition) is 3. The van der Waals surface area contributed by atoms with E-state index >= 15 is 0 Å². The number of hydrogen-bond donors (Lipinski definition) is 0. The van der Waals surface area contributed by atoms with Crippen molar-refractivity contribution in [3.8, 4) is 0 Å². The van der Waals surface area contributed by atoms with Crippen LogP contribution in [0.5, 0.6) is 0 Å². The van der Waals surface area contributed by atoms with Crippen molar-refractivity contribution in [2.24, 2.45) is 0 Å². The largest absolute Gasteiger partial charge is 0.447 e. The van der Waals surface area contributed by atoms with Crippen molar-refractivity contribution >= 4 is 12.5 Å². The number of nitrogens with zero attached hydrogens (tertiary/aromatic N) is 1. The lowest BCUT2D eigenvalue weighted by atomic mass is 10.1. The predicted octanol–water partition coefficient (Wildman–Crippen LogP) is 1.21. The number of cyclic esters (lactones) is 1. The van der Waals surface area contributed by atoms with Crippen LogP contribution in [0.3, 0.4) is 0 Å². The van der Waals surface area contributed by atoms with Gasteiger partial charge >= 0.3 is 6.09 Å². The molecule has 0 N–H and O–H groups in total. The van der Waals surface area contributed by atoms with Gasteiger partial charge in [-0.2, -0.15) is 0 Å². The Hall–Kier alpha value is -1.84. The van der Waals surface area contributed by atoms with E-state index in [0.717, 1.165) is 10.5 Å². The molecule has 0 aliphatic carbocycles. The summed E-state index contributed by atoms with van der Waals surface area (Å²) in [6, 6.07) is 9.54. The third-order valence-electron chi connectivity index (χ3n) is 2.43. The molecule has 0 bridgehead atoms. The van der Waals surface area contributed by atoms with Gasteiger partial charge in [-0.3, -0.25) is 4.79 Å². The maximum atomic E-state index is 11.1. The number of amides is 2. The fraction of sp³-hybridized carbons (Fsp3) is 0.273. The first-order chi connectivity index (χ1) is 7.31. The molecular weight excluding hydrogens is 194 g/mol. The van der Waals surface area contributed by atoms with Gasteiger partial charge in [0.2, 0.25) is 6.41 Å². The van der Waals surface area contributed by atoms with Gasteiger partial charge in [-0.25, -0.2) is 9.69 Å². The molecule has 0 radical (unpaired) electrons. The molecule has 0 spiro atoms. The molecule has 1 heterocycles. The lowest BCUT2D eigenvalue weighted by Gasteiger charge is -2.13. The van der Waals surface area contributed by atoms with Crippen LogP contribution in [0.4, 0.5) is 4.79 Å². The Balaban J connectivity index is 2.07. The minimum absolute atomic E-state index is 0.169. The molecule has 1 atom stereocenters. The van der Waals surface area contributed by atoms with E-state index in [-0.39, 0.29) is 12.6 Å². The molecule has 2 rings (SSSR count). The maximum absolute atomic E-state index is 11.1. The van der Waals surface area contributed by atoms with Crippen molar-refractivity contribution in [1.82, 2.24) is 4.90 Å². The molecule has 1 aromatic carbocycles. The molecule has 78 valence electrons. The summed E-state index contributed by atoms with van der Waals surface area (Å²) in [5.41, 5.74) is 1.09. The van der Waals surface area contributed by atoms with Gasteiger partial charge in [-0.1, -0.05) is 30.3 Å². The highest BCUT2D eigenvalue weighted by molar-refractivity contribution is 5.82. The minimum atomic E-state index is -0.550. The van der Waals surface area contributed by atoms with Crippen molar-refractivity contribution < 1.29 is 14.3 Å². The third kappa shape index (κ3) is 1.98. The van der Waals surface area contributed by atoms with Gasteiger partial charge in [0, 0.05) is 0 Å². The molecule has 15 heavy (non-hydrogen) atoms. The van der Waals surface area contributed by atoms with Gasteiger partial charge in [0.25, 0.3) is 0 Å². The highest BCUT2D eigenvalue weighted by Gasteiger charge is 2.32. The van der Waals surface area contributed by atoms with E-state index in [1.54, 1.807) is 0 Å². The van der Waals surface area contributed by atoms with E-state index < -0.39 is 6.09 Å². The lowest BCUT2D eigenvalue weighted by Crippen LogP contribution is -2.33. The monoisotopic (exact) mass is 205 g/mol. The molecule has 0 saturated carbocycles. The number of carbonyl (C=O) groups excluding carboxylic acids is 2. The van der Waals surface area contributed by atoms with E-state index in [1.807, 2.05) is 30.3 Å². The number of benzene rings is 1. The third-order valence-corrected chi connectivity index (χ3v) is 2.43. The summed E-state index contributed by atoms with van der Waals surface area (Å²) in [5.74, 6) is 0. The quantitative estimate of drug-likeness (QED) is 0.697. The van der Waals surface area contributed by atoms with Crippen molar-refractivity contribution in [1.29, 1.82) is 0 Å². The molecule has 1 aliphatic rings. The highest BCUT2D eigenvalue weighted by atomic mass is 16.6. The molecule has 1 aliphatic heterocycles. The molecule has 0 aromatic heterocycles. The highest BCUT2D eigenvalue weighted by Crippen LogP contribution is 2.14. The zero-order valence-corrected chi connectivity index (χ0v) is 8.13. The van der Waals surface area contributed by atoms with E-state index in [0.29, 0.717) is 12.8 Å². The second-order valence-electron chi connectivity index (χ2n) is 3.43. The zero-order valence-electron chi connectivity index (χ0n) is 8.13. The normalized spacial score (nSPS) is 20.1. The molecular formula is C11H11NO3. The number of ether oxygens (including phenoxy) is 1. The van der Waals surface area contributed by atoms with Gasteiger partial charge in [0.05, 0.1) is 6.04 Å². The molecule has 2 amide bonds. The molecule has 1 aromatic rings. The Morgan fingerprint density at radius 2 is 2.13 bits per heavy atom. The molecule has 4 heteroatoms. The summed E-state index contributed by atoms with van der Waals surface area (Å²) in [7, 11) is 0. The maximum Gasteiger partial charge on any atom is 0.416 e. The summed E-state index contributed by atoms with van der Waals surface area (Å²) in [4.78, 5) is 22.8. The fourth-order valence-corrected chi connectivity index (χ4v) is 1.64. The van der Waals surface area contributed by atoms with Gasteiger partial charge in [0.15, 0.2) is 0 Å². The zero-order chi connectivity index (χ0) is 10.7. The smallest absolute Gasteiger partial charge is 0.416 e. The Bertz CT molecular complexity index is 363. The summed E-state index contributed by atoms with van der Waals surface area (Å²) >= 11 is 0. The summed E-state index contributed by atoms with van der Waals surface area (Å²) < 4.78 is 4.80. The van der Waals surface area contributed by atoms with Crippen LogP contribution in [-0.4, -0.2) is 30.1 Å². The SMILES string of the molecule is O=CN1C(=O)OC[C@H]1Cc1ccccc1. The van der Waals surface area contributed by atoms with Gasteiger partial charge in [-0.15, -0.1) is 0 Å². The second-order valence-corrected chi connectivity index (χ2v) is 3.43. The van der Waals surface area contributed by atoms with Crippen molar-refractivity contribution in [3.05, 3.63) is 35.9 Å². The fourth-order valence-electron chi connectivity index (χ4n) is 1.64. The molecule has 1 fully saturated rings. The van der Waals surface area contributed by atoms with Crippen LogP contribution in [0.2, 0.25) is 0 Å². The molecule has 4 nitrogen and oxygen atoms in total. The number of imide groups is 1. The minimum Gasteiger partial charge on any atom is -0.447 e. The Labute approximate surface area is 87.4 Å². The van der Waals surface area contributed by atoms with E-state index in [2.05, 4.69) is 0 Å². The van der Waals surface area contributed by atoms with E-state index in [1.165, 1.54) is 0 Å². The van der Waals surface area contributed by atoms with Crippen molar-refractivity contribution in [2.75, 3.05) is 6.61 Å². The first-order valence-corrected chi connectivity index (χ1v) is 4.75. The number of carbonyl (C=O) groups is 2. The molecule has 0 unspecified atom stereocenters. The van der Waals surface area contributed by atoms with Crippen LogP contribution in [-0.2, 0) is 16.0 Å². The van der Waals surface area contributed by atoms with Crippen LogP contribution < -0.4 is 0 Å². The van der Waals surface area contributed by atoms with Crippen LogP contribution in [0, 0.1) is 0 Å². The average Bonchev–Trinajstić information content (AvgIpc) is 2.61. The summed E-state index contributed by atoms with van der Waals surface area (Å²) in [6.45, 7) is 0.284. The Morgan fingerprint density at radius 3 is 2.80 bits per heavy atom. The van der Waals surface area contributed by atoms with Gasteiger partial charge in [-0.05, 0) is 12.0 Å². The van der Waals surface area contributed by atoms with Gasteiger partial charge in [0.1, 0.15) is 6.61 Å². The Morgan fingerprint density at radius 1 is 1.40 bits per heavy atom.